The van der Waals surface area contributed by atoms with Crippen LogP contribution >= 0.6 is 23.3 Å². The maximum absolute atomic E-state index is 8.51. The molecule has 1 heterocycles. The molecule has 1 aromatic rings. The lowest BCUT2D eigenvalue weighted by Crippen LogP contribution is -1.91. The summed E-state index contributed by atoms with van der Waals surface area (Å²) < 4.78 is 3.72. The molecular formula is C6H11N3OS2. The Labute approximate surface area is 79.3 Å². The van der Waals surface area contributed by atoms with E-state index in [9.17, 15) is 0 Å². The second-order valence-corrected chi connectivity index (χ2v) is 4.10. The summed E-state index contributed by atoms with van der Waals surface area (Å²) >= 11 is 2.94. The van der Waals surface area contributed by atoms with Crippen LogP contribution in [0, 0.1) is 0 Å². The Bertz CT molecular complexity index is 228. The average molecular weight is 205 g/mol. The third kappa shape index (κ3) is 2.96. The van der Waals surface area contributed by atoms with Crippen LogP contribution in [0.15, 0.2) is 0 Å². The van der Waals surface area contributed by atoms with Crippen molar-refractivity contribution in [2.24, 2.45) is 0 Å². The molecule has 0 fully saturated rings. The first-order valence-electron chi connectivity index (χ1n) is 3.60. The molecule has 68 valence electrons. The molecule has 0 unspecified atom stereocenters. The molecular weight excluding hydrogens is 194 g/mol. The van der Waals surface area contributed by atoms with Crippen molar-refractivity contribution in [2.75, 3.05) is 18.1 Å². The van der Waals surface area contributed by atoms with Gasteiger partial charge in [-0.1, -0.05) is 4.49 Å². The van der Waals surface area contributed by atoms with E-state index in [1.807, 2.05) is 0 Å². The molecule has 0 saturated carbocycles. The summed E-state index contributed by atoms with van der Waals surface area (Å²) in [6.07, 6.45) is 0.822. The lowest BCUT2D eigenvalue weighted by molar-refractivity contribution is 0.296. The van der Waals surface area contributed by atoms with Crippen LogP contribution in [-0.2, 0) is 5.75 Å². The molecule has 0 aromatic carbocycles. The summed E-state index contributed by atoms with van der Waals surface area (Å²) in [6, 6.07) is 0. The molecule has 0 spiro atoms. The molecule has 0 radical (unpaired) electrons. The number of aromatic nitrogens is 2. The molecule has 12 heavy (non-hydrogen) atoms. The fourth-order valence-electron chi connectivity index (χ4n) is 0.651. The normalized spacial score (nSPS) is 10.4. The molecule has 0 saturated heterocycles. The number of aliphatic hydroxyl groups excluding tert-OH is 1. The molecule has 0 aliphatic heterocycles. The van der Waals surface area contributed by atoms with Crippen LogP contribution in [0.5, 0.6) is 0 Å². The number of anilines is 1. The third-order valence-electron chi connectivity index (χ3n) is 1.27. The zero-order valence-corrected chi connectivity index (χ0v) is 8.20. The van der Waals surface area contributed by atoms with Gasteiger partial charge >= 0.3 is 0 Å². The summed E-state index contributed by atoms with van der Waals surface area (Å²) in [4.78, 5) is 0. The number of nitrogen functional groups attached to an aromatic ring is 1. The fraction of sp³-hybridized carbons (Fsp3) is 0.667. The van der Waals surface area contributed by atoms with Crippen LogP contribution < -0.4 is 5.73 Å². The fourth-order valence-corrected chi connectivity index (χ4v) is 2.07. The van der Waals surface area contributed by atoms with E-state index >= 15 is 0 Å². The molecule has 0 aliphatic rings. The van der Waals surface area contributed by atoms with Crippen molar-refractivity contribution < 1.29 is 5.11 Å². The Morgan fingerprint density at radius 2 is 2.42 bits per heavy atom. The Hall–Kier alpha value is -0.330. The van der Waals surface area contributed by atoms with Crippen molar-refractivity contribution in [1.82, 2.24) is 9.59 Å². The molecule has 0 bridgehead atoms. The Kier molecular flexibility index (Phi) is 4.34. The molecule has 1 rings (SSSR count). The van der Waals surface area contributed by atoms with Gasteiger partial charge in [-0.3, -0.25) is 0 Å². The molecule has 6 heteroatoms. The van der Waals surface area contributed by atoms with Gasteiger partial charge in [-0.15, -0.1) is 5.10 Å². The van der Waals surface area contributed by atoms with Gasteiger partial charge in [-0.25, -0.2) is 0 Å². The number of hydrogen-bond donors (Lipinski definition) is 2. The number of nitrogens with two attached hydrogens (primary N) is 1. The third-order valence-corrected chi connectivity index (χ3v) is 2.92. The first-order valence-corrected chi connectivity index (χ1v) is 5.52. The van der Waals surface area contributed by atoms with Gasteiger partial charge < -0.3 is 10.8 Å². The highest BCUT2D eigenvalue weighted by Gasteiger charge is 2.02. The number of nitrogens with zero attached hydrogens (tertiary/aromatic N) is 2. The van der Waals surface area contributed by atoms with Crippen molar-refractivity contribution >= 4 is 28.3 Å². The van der Waals surface area contributed by atoms with Crippen LogP contribution in [-0.4, -0.2) is 27.1 Å². The Morgan fingerprint density at radius 1 is 1.58 bits per heavy atom. The van der Waals surface area contributed by atoms with Crippen molar-refractivity contribution in [3.05, 3.63) is 5.69 Å². The molecule has 0 atom stereocenters. The van der Waals surface area contributed by atoms with E-state index in [1.165, 1.54) is 11.5 Å². The van der Waals surface area contributed by atoms with Crippen molar-refractivity contribution in [2.45, 2.75) is 12.2 Å². The standard InChI is InChI=1S/C6H11N3OS2/c7-6-5(8-9-12-6)4-11-3-1-2-10/h10H,1-4,7H2. The van der Waals surface area contributed by atoms with Gasteiger partial charge in [0.15, 0.2) is 0 Å². The van der Waals surface area contributed by atoms with Crippen LogP contribution in [0.4, 0.5) is 5.00 Å². The van der Waals surface area contributed by atoms with Crippen LogP contribution in [0.25, 0.3) is 0 Å². The number of rotatable bonds is 5. The zero-order chi connectivity index (χ0) is 8.81. The SMILES string of the molecule is Nc1snnc1CSCCCO. The maximum Gasteiger partial charge on any atom is 0.131 e. The van der Waals surface area contributed by atoms with Gasteiger partial charge in [0.05, 0.1) is 0 Å². The quantitative estimate of drug-likeness (QED) is 0.694. The smallest absolute Gasteiger partial charge is 0.131 e. The van der Waals surface area contributed by atoms with E-state index in [1.54, 1.807) is 11.8 Å². The first-order chi connectivity index (χ1) is 5.84. The number of thioether (sulfide) groups is 1. The summed E-state index contributed by atoms with van der Waals surface area (Å²) in [7, 11) is 0. The van der Waals surface area contributed by atoms with Gasteiger partial charge in [-0.05, 0) is 12.2 Å². The average Bonchev–Trinajstić information content (AvgIpc) is 2.46. The molecule has 4 nitrogen and oxygen atoms in total. The minimum absolute atomic E-state index is 0.248. The second kappa shape index (κ2) is 5.34. The van der Waals surface area contributed by atoms with E-state index < -0.39 is 0 Å². The summed E-state index contributed by atoms with van der Waals surface area (Å²) in [6.45, 7) is 0.248. The highest BCUT2D eigenvalue weighted by atomic mass is 32.2. The van der Waals surface area contributed by atoms with Gasteiger partial charge in [-0.2, -0.15) is 11.8 Å². The van der Waals surface area contributed by atoms with Crippen LogP contribution in [0.1, 0.15) is 12.1 Å². The van der Waals surface area contributed by atoms with Crippen LogP contribution in [0.3, 0.4) is 0 Å². The zero-order valence-electron chi connectivity index (χ0n) is 6.56. The topological polar surface area (TPSA) is 72.0 Å². The van der Waals surface area contributed by atoms with Crippen LogP contribution in [0.2, 0.25) is 0 Å². The second-order valence-electron chi connectivity index (χ2n) is 2.21. The highest BCUT2D eigenvalue weighted by Crippen LogP contribution is 2.18. The highest BCUT2D eigenvalue weighted by molar-refractivity contribution is 7.98. The van der Waals surface area contributed by atoms with Gasteiger partial charge in [0.25, 0.3) is 0 Å². The summed E-state index contributed by atoms with van der Waals surface area (Å²) in [5.74, 6) is 1.73. The predicted molar refractivity (Wildman–Crippen MR) is 52.2 cm³/mol. The minimum Gasteiger partial charge on any atom is -0.396 e. The number of hydrogen-bond acceptors (Lipinski definition) is 6. The van der Waals surface area contributed by atoms with E-state index in [-0.39, 0.29) is 6.61 Å². The van der Waals surface area contributed by atoms with E-state index in [0.29, 0.717) is 5.00 Å². The first kappa shape index (κ1) is 9.76. The largest absolute Gasteiger partial charge is 0.396 e. The van der Waals surface area contributed by atoms with Gasteiger partial charge in [0.1, 0.15) is 10.7 Å². The van der Waals surface area contributed by atoms with Crippen molar-refractivity contribution in [3.8, 4) is 0 Å². The molecule has 1 aromatic heterocycles. The Morgan fingerprint density at radius 3 is 3.00 bits per heavy atom. The lowest BCUT2D eigenvalue weighted by Gasteiger charge is -1.96. The number of aliphatic hydroxyl groups is 1. The minimum atomic E-state index is 0.248. The summed E-state index contributed by atoms with van der Waals surface area (Å²) in [5.41, 5.74) is 6.45. The molecule has 3 N–H and O–H groups in total. The monoisotopic (exact) mass is 205 g/mol. The maximum atomic E-state index is 8.51. The predicted octanol–water partition coefficient (Wildman–Crippen LogP) is 0.736. The summed E-state index contributed by atoms with van der Waals surface area (Å²) in [5, 5.41) is 13.1. The van der Waals surface area contributed by atoms with E-state index in [2.05, 4.69) is 9.59 Å². The van der Waals surface area contributed by atoms with Gasteiger partial charge in [0, 0.05) is 23.9 Å². The van der Waals surface area contributed by atoms with Gasteiger partial charge in [0.2, 0.25) is 0 Å². The Balaban J connectivity index is 2.20. The lowest BCUT2D eigenvalue weighted by atomic mass is 10.5. The van der Waals surface area contributed by atoms with E-state index in [0.717, 1.165) is 23.6 Å². The van der Waals surface area contributed by atoms with Crippen molar-refractivity contribution in [3.63, 3.8) is 0 Å². The molecule has 0 amide bonds. The van der Waals surface area contributed by atoms with Crippen molar-refractivity contribution in [1.29, 1.82) is 0 Å². The molecule has 0 aliphatic carbocycles. The van der Waals surface area contributed by atoms with E-state index in [4.69, 9.17) is 10.8 Å².